The summed E-state index contributed by atoms with van der Waals surface area (Å²) in [5.41, 5.74) is 0. The van der Waals surface area contributed by atoms with Crippen molar-refractivity contribution in [1.29, 1.82) is 0 Å². The summed E-state index contributed by atoms with van der Waals surface area (Å²) in [6, 6.07) is 5.57. The normalized spacial score (nSPS) is 11.5. The van der Waals surface area contributed by atoms with Crippen LogP contribution >= 0.6 is 0 Å². The van der Waals surface area contributed by atoms with Gasteiger partial charge in [0.2, 0.25) is 10.0 Å². The quantitative estimate of drug-likeness (QED) is 0.609. The smallest absolute Gasteiger partial charge is 0.245 e. The van der Waals surface area contributed by atoms with Gasteiger partial charge in [0.1, 0.15) is 29.1 Å². The molecule has 23 heavy (non-hydrogen) atoms. The lowest BCUT2D eigenvalue weighted by atomic mass is 10.5. The van der Waals surface area contributed by atoms with Crippen LogP contribution in [0.25, 0.3) is 5.82 Å². The Labute approximate surface area is 132 Å². The highest BCUT2D eigenvalue weighted by Gasteiger charge is 2.15. The Morgan fingerprint density at radius 3 is 2.74 bits per heavy atom. The van der Waals surface area contributed by atoms with Crippen molar-refractivity contribution in [2.45, 2.75) is 4.90 Å². The molecule has 3 aromatic rings. The number of sulfonamides is 1. The number of anilines is 1. The molecule has 0 saturated heterocycles. The van der Waals surface area contributed by atoms with Crippen LogP contribution in [0.15, 0.2) is 58.8 Å². The number of nitrogens with one attached hydrogen (secondary N) is 2. The molecule has 3 heterocycles. The van der Waals surface area contributed by atoms with E-state index < -0.39 is 10.0 Å². The predicted molar refractivity (Wildman–Crippen MR) is 81.5 cm³/mol. The highest BCUT2D eigenvalue weighted by molar-refractivity contribution is 7.89. The van der Waals surface area contributed by atoms with Crippen LogP contribution in [0.5, 0.6) is 0 Å². The zero-order chi connectivity index (χ0) is 16.1. The van der Waals surface area contributed by atoms with Gasteiger partial charge in [-0.2, -0.15) is 0 Å². The number of nitrogens with zero attached hydrogens (tertiary/aromatic N) is 4. The molecule has 0 aliphatic heterocycles. The van der Waals surface area contributed by atoms with E-state index in [9.17, 15) is 8.42 Å². The lowest BCUT2D eigenvalue weighted by molar-refractivity contribution is 0.417. The second kappa shape index (κ2) is 6.58. The van der Waals surface area contributed by atoms with E-state index in [-0.39, 0.29) is 11.4 Å². The van der Waals surface area contributed by atoms with Crippen molar-refractivity contribution >= 4 is 15.8 Å². The molecule has 0 unspecified atom stereocenters. The molecular weight excluding hydrogens is 320 g/mol. The maximum absolute atomic E-state index is 11.8. The van der Waals surface area contributed by atoms with E-state index in [0.717, 1.165) is 18.3 Å². The minimum absolute atomic E-state index is 0.00516. The molecule has 0 aromatic carbocycles. The number of hydrogen-bond donors (Lipinski definition) is 2. The van der Waals surface area contributed by atoms with E-state index >= 15 is 0 Å². The fraction of sp³-hybridized carbons (Fsp3) is 0.154. The van der Waals surface area contributed by atoms with Crippen LogP contribution in [-0.2, 0) is 10.0 Å². The Morgan fingerprint density at radius 1 is 1.17 bits per heavy atom. The zero-order valence-corrected chi connectivity index (χ0v) is 12.8. The summed E-state index contributed by atoms with van der Waals surface area (Å²) in [5.74, 6) is 1.32. The summed E-state index contributed by atoms with van der Waals surface area (Å²) in [7, 11) is -3.60. The Bertz CT molecular complexity index is 846. The maximum Gasteiger partial charge on any atom is 0.245 e. The molecule has 0 bridgehead atoms. The molecule has 3 aromatic heterocycles. The number of rotatable bonds is 7. The zero-order valence-electron chi connectivity index (χ0n) is 12.0. The van der Waals surface area contributed by atoms with Crippen molar-refractivity contribution in [1.82, 2.24) is 24.4 Å². The standard InChI is InChI=1S/C13H14N6O3S/c20-23(21,11-8-17-22-9-11)18-4-3-14-12-7-13(16-10-15-12)19-5-1-2-6-19/h1-2,5-10,18H,3-4H2,(H,14,15,16). The first-order valence-corrected chi connectivity index (χ1v) is 8.22. The van der Waals surface area contributed by atoms with E-state index in [2.05, 4.69) is 29.7 Å². The van der Waals surface area contributed by atoms with Gasteiger partial charge in [-0.3, -0.25) is 0 Å². The van der Waals surface area contributed by atoms with Gasteiger partial charge in [0.15, 0.2) is 0 Å². The number of hydrogen-bond acceptors (Lipinski definition) is 7. The predicted octanol–water partition coefficient (Wildman–Crippen LogP) is 0.646. The SMILES string of the molecule is O=S(=O)(NCCNc1cc(-n2cccc2)ncn1)c1cnoc1. The molecule has 0 radical (unpaired) electrons. The third-order valence-corrected chi connectivity index (χ3v) is 4.37. The molecule has 0 saturated carbocycles. The second-order valence-electron chi connectivity index (χ2n) is 4.54. The average molecular weight is 334 g/mol. The van der Waals surface area contributed by atoms with Gasteiger partial charge in [0.25, 0.3) is 0 Å². The molecule has 0 fully saturated rings. The van der Waals surface area contributed by atoms with Crippen LogP contribution in [0.4, 0.5) is 5.82 Å². The fourth-order valence-electron chi connectivity index (χ4n) is 1.86. The van der Waals surface area contributed by atoms with Crippen molar-refractivity contribution in [2.75, 3.05) is 18.4 Å². The first kappa shape index (κ1) is 15.2. The molecule has 0 amide bonds. The van der Waals surface area contributed by atoms with Crippen molar-refractivity contribution in [3.63, 3.8) is 0 Å². The summed E-state index contributed by atoms with van der Waals surface area (Å²) in [6.07, 6.45) is 7.41. The highest BCUT2D eigenvalue weighted by Crippen LogP contribution is 2.09. The summed E-state index contributed by atoms with van der Waals surface area (Å²) in [4.78, 5) is 8.26. The van der Waals surface area contributed by atoms with Crippen molar-refractivity contribution in [3.05, 3.63) is 49.4 Å². The summed E-state index contributed by atoms with van der Waals surface area (Å²) in [5, 5.41) is 6.40. The van der Waals surface area contributed by atoms with Gasteiger partial charge in [-0.05, 0) is 12.1 Å². The van der Waals surface area contributed by atoms with Gasteiger partial charge in [0, 0.05) is 31.5 Å². The molecule has 10 heteroatoms. The summed E-state index contributed by atoms with van der Waals surface area (Å²) < 4.78 is 32.5. The van der Waals surface area contributed by atoms with Crippen LogP contribution in [-0.4, -0.2) is 41.2 Å². The van der Waals surface area contributed by atoms with Crippen LogP contribution < -0.4 is 10.0 Å². The average Bonchev–Trinajstić information content (AvgIpc) is 3.25. The van der Waals surface area contributed by atoms with Crippen LogP contribution in [0.2, 0.25) is 0 Å². The van der Waals surface area contributed by atoms with Crippen LogP contribution in [0, 0.1) is 0 Å². The first-order chi connectivity index (χ1) is 11.1. The molecule has 120 valence electrons. The molecular formula is C13H14N6O3S. The van der Waals surface area contributed by atoms with Crippen molar-refractivity contribution in [2.24, 2.45) is 0 Å². The van der Waals surface area contributed by atoms with E-state index in [0.29, 0.717) is 12.4 Å². The first-order valence-electron chi connectivity index (χ1n) is 6.73. The molecule has 0 aliphatic carbocycles. The van der Waals surface area contributed by atoms with Gasteiger partial charge in [0.05, 0.1) is 6.20 Å². The van der Waals surface area contributed by atoms with Crippen molar-refractivity contribution in [3.8, 4) is 5.82 Å². The van der Waals surface area contributed by atoms with E-state index in [4.69, 9.17) is 0 Å². The van der Waals surface area contributed by atoms with Gasteiger partial charge in [-0.15, -0.1) is 0 Å². The van der Waals surface area contributed by atoms with Crippen LogP contribution in [0.1, 0.15) is 0 Å². The van der Waals surface area contributed by atoms with Crippen LogP contribution in [0.3, 0.4) is 0 Å². The van der Waals surface area contributed by atoms with E-state index in [1.54, 1.807) is 6.07 Å². The third kappa shape index (κ3) is 3.73. The summed E-state index contributed by atoms with van der Waals surface area (Å²) in [6.45, 7) is 0.559. The van der Waals surface area contributed by atoms with Gasteiger partial charge >= 0.3 is 0 Å². The van der Waals surface area contributed by atoms with E-state index in [1.165, 1.54) is 6.33 Å². The van der Waals surface area contributed by atoms with Gasteiger partial charge < -0.3 is 14.4 Å². The minimum Gasteiger partial charge on any atom is -0.369 e. The topological polar surface area (TPSA) is 115 Å². The number of aromatic nitrogens is 4. The monoisotopic (exact) mass is 334 g/mol. The van der Waals surface area contributed by atoms with Crippen molar-refractivity contribution < 1.29 is 12.9 Å². The molecule has 0 spiro atoms. The van der Waals surface area contributed by atoms with E-state index in [1.807, 2.05) is 29.1 Å². The Hall–Kier alpha value is -2.72. The third-order valence-electron chi connectivity index (χ3n) is 2.96. The molecule has 9 nitrogen and oxygen atoms in total. The highest BCUT2D eigenvalue weighted by atomic mass is 32.2. The summed E-state index contributed by atoms with van der Waals surface area (Å²) >= 11 is 0. The van der Waals surface area contributed by atoms with Gasteiger partial charge in [-0.1, -0.05) is 5.16 Å². The lowest BCUT2D eigenvalue weighted by Gasteiger charge is -2.08. The fourth-order valence-corrected chi connectivity index (χ4v) is 2.75. The Kier molecular flexibility index (Phi) is 4.35. The lowest BCUT2D eigenvalue weighted by Crippen LogP contribution is -2.28. The molecule has 2 N–H and O–H groups in total. The Balaban J connectivity index is 1.54. The second-order valence-corrected chi connectivity index (χ2v) is 6.30. The maximum atomic E-state index is 11.8. The molecule has 3 rings (SSSR count). The van der Waals surface area contributed by atoms with Gasteiger partial charge in [-0.25, -0.2) is 23.1 Å². The molecule has 0 aliphatic rings. The minimum atomic E-state index is -3.60. The Morgan fingerprint density at radius 2 is 2.00 bits per heavy atom. The largest absolute Gasteiger partial charge is 0.369 e. The molecule has 0 atom stereocenters.